The normalized spacial score (nSPS) is 13.7. The molecule has 24 heavy (non-hydrogen) atoms. The van der Waals surface area contributed by atoms with E-state index in [0.717, 1.165) is 17.9 Å². The first-order chi connectivity index (χ1) is 11.3. The molecule has 0 saturated heterocycles. The number of rotatable bonds is 5. The van der Waals surface area contributed by atoms with Crippen molar-refractivity contribution in [2.45, 2.75) is 18.7 Å². The van der Waals surface area contributed by atoms with Crippen LogP contribution in [0.3, 0.4) is 0 Å². The van der Waals surface area contributed by atoms with Crippen molar-refractivity contribution in [2.75, 3.05) is 19.8 Å². The highest BCUT2D eigenvalue weighted by Crippen LogP contribution is 2.31. The Labute approximate surface area is 152 Å². The number of aliphatic imine (C=N–C) groups is 1. The van der Waals surface area contributed by atoms with Gasteiger partial charge < -0.3 is 4.90 Å². The number of pyridine rings is 1. The van der Waals surface area contributed by atoms with Gasteiger partial charge in [-0.25, -0.2) is 14.2 Å². The van der Waals surface area contributed by atoms with E-state index in [0.29, 0.717) is 15.2 Å². The standard InChI is InChI=1S/C17H21BrN4OS/c1-5-22(3)12-19-16-11-15(18)17(20-13(16)2)21-24(4,23)14-9-7-6-8-10-14/h6-12H,5H2,1-4H3/b19-12-. The molecule has 0 aliphatic heterocycles. The van der Waals surface area contributed by atoms with Crippen LogP contribution >= 0.6 is 15.9 Å². The molecule has 0 aliphatic rings. The van der Waals surface area contributed by atoms with E-state index in [9.17, 15) is 4.21 Å². The van der Waals surface area contributed by atoms with Gasteiger partial charge in [-0.05, 0) is 48.0 Å². The fraction of sp³-hybridized carbons (Fsp3) is 0.294. The number of hydrogen-bond donors (Lipinski definition) is 0. The molecule has 1 unspecified atom stereocenters. The summed E-state index contributed by atoms with van der Waals surface area (Å²) in [5.41, 5.74) is 1.49. The fourth-order valence-electron chi connectivity index (χ4n) is 1.89. The third kappa shape index (κ3) is 4.64. The Kier molecular flexibility index (Phi) is 6.12. The lowest BCUT2D eigenvalue weighted by Crippen LogP contribution is -2.14. The maximum Gasteiger partial charge on any atom is 0.176 e. The average molecular weight is 409 g/mol. The molecule has 1 heterocycles. The molecule has 0 amide bonds. The molecule has 1 aromatic carbocycles. The summed E-state index contributed by atoms with van der Waals surface area (Å²) >= 11 is 3.46. The zero-order valence-electron chi connectivity index (χ0n) is 14.2. The lowest BCUT2D eigenvalue weighted by atomic mass is 10.3. The molecule has 7 heteroatoms. The third-order valence-electron chi connectivity index (χ3n) is 3.46. The topological polar surface area (TPSA) is 57.9 Å². The van der Waals surface area contributed by atoms with Crippen LogP contribution in [0.15, 0.2) is 55.1 Å². The molecular formula is C17H21BrN4OS. The van der Waals surface area contributed by atoms with Crippen molar-refractivity contribution in [3.8, 4) is 0 Å². The van der Waals surface area contributed by atoms with Gasteiger partial charge in [-0.2, -0.15) is 4.36 Å². The maximum absolute atomic E-state index is 12.9. The summed E-state index contributed by atoms with van der Waals surface area (Å²) in [4.78, 5) is 11.5. The van der Waals surface area contributed by atoms with Gasteiger partial charge in [-0.1, -0.05) is 18.2 Å². The number of hydrogen-bond acceptors (Lipinski definition) is 4. The molecule has 0 radical (unpaired) electrons. The van der Waals surface area contributed by atoms with Crippen molar-refractivity contribution in [1.82, 2.24) is 9.88 Å². The Morgan fingerprint density at radius 1 is 1.33 bits per heavy atom. The van der Waals surface area contributed by atoms with Gasteiger partial charge >= 0.3 is 0 Å². The highest BCUT2D eigenvalue weighted by Gasteiger charge is 2.11. The number of halogens is 1. The van der Waals surface area contributed by atoms with Crippen molar-refractivity contribution >= 4 is 43.5 Å². The van der Waals surface area contributed by atoms with E-state index < -0.39 is 9.73 Å². The molecule has 2 aromatic rings. The first kappa shape index (κ1) is 18.6. The van der Waals surface area contributed by atoms with Crippen molar-refractivity contribution in [1.29, 1.82) is 0 Å². The van der Waals surface area contributed by atoms with E-state index in [1.165, 1.54) is 0 Å². The van der Waals surface area contributed by atoms with Crippen LogP contribution in [-0.2, 0) is 9.73 Å². The van der Waals surface area contributed by atoms with Crippen LogP contribution in [0.2, 0.25) is 0 Å². The molecule has 2 rings (SSSR count). The van der Waals surface area contributed by atoms with Crippen LogP contribution in [0.4, 0.5) is 11.5 Å². The van der Waals surface area contributed by atoms with Gasteiger partial charge in [0, 0.05) is 24.7 Å². The van der Waals surface area contributed by atoms with Crippen molar-refractivity contribution < 1.29 is 4.21 Å². The maximum atomic E-state index is 12.9. The molecule has 0 fully saturated rings. The van der Waals surface area contributed by atoms with Crippen molar-refractivity contribution in [3.63, 3.8) is 0 Å². The van der Waals surface area contributed by atoms with E-state index in [2.05, 4.69) is 37.2 Å². The predicted octanol–water partition coefficient (Wildman–Crippen LogP) is 4.55. The van der Waals surface area contributed by atoms with Crippen LogP contribution in [-0.4, -0.2) is 40.3 Å². The number of benzene rings is 1. The molecule has 0 N–H and O–H groups in total. The highest BCUT2D eigenvalue weighted by molar-refractivity contribution is 9.10. The number of aromatic nitrogens is 1. The van der Waals surface area contributed by atoms with E-state index in [-0.39, 0.29) is 0 Å². The van der Waals surface area contributed by atoms with Crippen LogP contribution in [0.5, 0.6) is 0 Å². The van der Waals surface area contributed by atoms with E-state index in [4.69, 9.17) is 0 Å². The Morgan fingerprint density at radius 2 is 2.00 bits per heavy atom. The number of aryl methyl sites for hydroxylation is 1. The van der Waals surface area contributed by atoms with Gasteiger partial charge in [0.15, 0.2) is 5.82 Å². The summed E-state index contributed by atoms with van der Waals surface area (Å²) in [5.74, 6) is 0.423. The molecule has 5 nitrogen and oxygen atoms in total. The Balaban J connectivity index is 2.43. The molecular weight excluding hydrogens is 388 g/mol. The lowest BCUT2D eigenvalue weighted by Gasteiger charge is -2.10. The highest BCUT2D eigenvalue weighted by atomic mass is 79.9. The zero-order chi connectivity index (χ0) is 17.7. The summed E-state index contributed by atoms with van der Waals surface area (Å²) in [7, 11) is -0.604. The first-order valence-corrected chi connectivity index (χ1v) is 10.2. The van der Waals surface area contributed by atoms with Gasteiger partial charge in [0.25, 0.3) is 0 Å². The monoisotopic (exact) mass is 408 g/mol. The second kappa shape index (κ2) is 7.90. The second-order valence-electron chi connectivity index (χ2n) is 5.42. The zero-order valence-corrected chi connectivity index (χ0v) is 16.6. The first-order valence-electron chi connectivity index (χ1n) is 7.52. The Bertz CT molecular complexity index is 858. The average Bonchev–Trinajstić information content (AvgIpc) is 2.57. The molecule has 128 valence electrons. The summed E-state index contributed by atoms with van der Waals surface area (Å²) in [6.45, 7) is 4.79. The summed E-state index contributed by atoms with van der Waals surface area (Å²) in [6, 6.07) is 11.1. The van der Waals surface area contributed by atoms with Gasteiger partial charge in [0.05, 0.1) is 31.9 Å². The van der Waals surface area contributed by atoms with Crippen molar-refractivity contribution in [3.05, 3.63) is 46.6 Å². The summed E-state index contributed by atoms with van der Waals surface area (Å²) in [6.07, 6.45) is 3.38. The quantitative estimate of drug-likeness (QED) is 0.538. The summed E-state index contributed by atoms with van der Waals surface area (Å²) < 4.78 is 17.9. The van der Waals surface area contributed by atoms with Gasteiger partial charge in [-0.3, -0.25) is 0 Å². The Hall–Kier alpha value is -1.73. The largest absolute Gasteiger partial charge is 0.366 e. The van der Waals surface area contributed by atoms with E-state index >= 15 is 0 Å². The van der Waals surface area contributed by atoms with Gasteiger partial charge in [0.2, 0.25) is 0 Å². The smallest absolute Gasteiger partial charge is 0.176 e. The number of nitrogens with zero attached hydrogens (tertiary/aromatic N) is 4. The van der Waals surface area contributed by atoms with E-state index in [1.807, 2.05) is 55.3 Å². The van der Waals surface area contributed by atoms with E-state index in [1.54, 1.807) is 12.6 Å². The SMILES string of the molecule is CCN(C)/C=N\c1cc(Br)c(N=S(C)(=O)c2ccccc2)nc1C. The van der Waals surface area contributed by atoms with Crippen LogP contribution < -0.4 is 0 Å². The molecule has 0 aliphatic carbocycles. The van der Waals surface area contributed by atoms with Crippen molar-refractivity contribution in [2.24, 2.45) is 9.36 Å². The van der Waals surface area contributed by atoms with Crippen LogP contribution in [0, 0.1) is 6.92 Å². The lowest BCUT2D eigenvalue weighted by molar-refractivity contribution is 0.552. The molecule has 0 spiro atoms. The predicted molar refractivity (Wildman–Crippen MR) is 104 cm³/mol. The fourth-order valence-corrected chi connectivity index (χ4v) is 3.63. The molecule has 0 bridgehead atoms. The second-order valence-corrected chi connectivity index (χ2v) is 8.54. The Morgan fingerprint density at radius 3 is 2.62 bits per heavy atom. The van der Waals surface area contributed by atoms with Gasteiger partial charge in [-0.15, -0.1) is 0 Å². The summed E-state index contributed by atoms with van der Waals surface area (Å²) in [5, 5.41) is 0. The van der Waals surface area contributed by atoms with Gasteiger partial charge in [0.1, 0.15) is 0 Å². The molecule has 0 saturated carbocycles. The van der Waals surface area contributed by atoms with Crippen LogP contribution in [0.25, 0.3) is 0 Å². The minimum Gasteiger partial charge on any atom is -0.366 e. The third-order valence-corrected chi connectivity index (χ3v) is 5.71. The van der Waals surface area contributed by atoms with Crippen LogP contribution in [0.1, 0.15) is 12.6 Å². The molecule has 1 aromatic heterocycles. The minimum absolute atomic E-state index is 0.423. The molecule has 1 atom stereocenters. The minimum atomic E-state index is -2.56.